The molecule has 0 saturated heterocycles. The maximum absolute atomic E-state index is 12.7. The number of nitrogens with zero attached hydrogens (tertiary/aromatic N) is 2. The molecule has 0 aliphatic carbocycles. The van der Waals surface area contributed by atoms with E-state index in [1.54, 1.807) is 22.9 Å². The molecule has 0 radical (unpaired) electrons. The maximum atomic E-state index is 12.7. The van der Waals surface area contributed by atoms with Crippen LogP contribution in [-0.4, -0.2) is 30.9 Å². The smallest absolute Gasteiger partial charge is 0.387 e. The molecule has 0 atom stereocenters. The Morgan fingerprint density at radius 2 is 2.11 bits per heavy atom. The van der Waals surface area contributed by atoms with Crippen molar-refractivity contribution in [3.8, 4) is 17.2 Å². The Morgan fingerprint density at radius 3 is 2.78 bits per heavy atom. The van der Waals surface area contributed by atoms with Crippen LogP contribution in [-0.2, 0) is 13.1 Å². The summed E-state index contributed by atoms with van der Waals surface area (Å²) in [5, 5.41) is 6.34. The summed E-state index contributed by atoms with van der Waals surface area (Å²) in [7, 11) is 0. The lowest BCUT2D eigenvalue weighted by Gasteiger charge is -2.13. The zero-order chi connectivity index (χ0) is 19.2. The van der Waals surface area contributed by atoms with Crippen molar-refractivity contribution >= 4 is 17.3 Å². The molecule has 27 heavy (non-hydrogen) atoms. The van der Waals surface area contributed by atoms with Crippen LogP contribution in [0.3, 0.4) is 0 Å². The molecule has 1 aromatic heterocycles. The average molecular weight is 398 g/mol. The van der Waals surface area contributed by atoms with Crippen molar-refractivity contribution in [2.24, 2.45) is 4.99 Å². The van der Waals surface area contributed by atoms with Crippen LogP contribution in [0.5, 0.6) is 17.2 Å². The Morgan fingerprint density at radius 1 is 1.33 bits per heavy atom. The van der Waals surface area contributed by atoms with Crippen molar-refractivity contribution in [2.75, 3.05) is 13.3 Å². The van der Waals surface area contributed by atoms with Crippen LogP contribution in [0, 0.1) is 6.92 Å². The summed E-state index contributed by atoms with van der Waals surface area (Å²) in [6.07, 6.45) is 0. The van der Waals surface area contributed by atoms with E-state index in [4.69, 9.17) is 9.47 Å². The minimum Gasteiger partial charge on any atom is -0.454 e. The van der Waals surface area contributed by atoms with E-state index in [1.807, 2.05) is 13.8 Å². The number of ether oxygens (including phenoxy) is 3. The van der Waals surface area contributed by atoms with Crippen molar-refractivity contribution in [3.63, 3.8) is 0 Å². The molecule has 0 saturated carbocycles. The largest absolute Gasteiger partial charge is 0.454 e. The van der Waals surface area contributed by atoms with Gasteiger partial charge in [0.05, 0.1) is 24.3 Å². The van der Waals surface area contributed by atoms with Crippen LogP contribution >= 0.6 is 11.3 Å². The zero-order valence-corrected chi connectivity index (χ0v) is 15.7. The molecule has 2 aromatic rings. The number of aryl methyl sites for hydroxylation is 1. The molecule has 146 valence electrons. The number of rotatable bonds is 7. The molecule has 0 spiro atoms. The fourth-order valence-corrected chi connectivity index (χ4v) is 3.18. The van der Waals surface area contributed by atoms with Crippen LogP contribution < -0.4 is 24.8 Å². The zero-order valence-electron chi connectivity index (χ0n) is 14.9. The van der Waals surface area contributed by atoms with Crippen LogP contribution in [0.4, 0.5) is 8.78 Å². The van der Waals surface area contributed by atoms with Crippen LogP contribution in [0.25, 0.3) is 0 Å². The first-order chi connectivity index (χ1) is 13.1. The van der Waals surface area contributed by atoms with Gasteiger partial charge in [-0.25, -0.2) is 9.98 Å². The standard InChI is InChI=1S/C17H20F2N4O3S/c1-3-20-17(22-7-15-10(2)23-8-27-15)21-6-11-4-13-14(25-9-24-13)5-12(11)26-16(18)19/h4-5,8,16H,3,6-7,9H2,1-2H3,(H2,20,21,22). The predicted octanol–water partition coefficient (Wildman–Crippen LogP) is 3.04. The summed E-state index contributed by atoms with van der Waals surface area (Å²) in [6.45, 7) is 2.37. The highest BCUT2D eigenvalue weighted by Crippen LogP contribution is 2.39. The number of nitrogens with one attached hydrogen (secondary N) is 2. The molecule has 1 aromatic carbocycles. The Labute approximate surface area is 159 Å². The quantitative estimate of drug-likeness (QED) is 0.552. The second-order valence-corrected chi connectivity index (χ2v) is 6.54. The fourth-order valence-electron chi connectivity index (χ4n) is 2.46. The van der Waals surface area contributed by atoms with Gasteiger partial charge in [0.2, 0.25) is 6.79 Å². The molecular weight excluding hydrogens is 378 g/mol. The third-order valence-electron chi connectivity index (χ3n) is 3.78. The second-order valence-electron chi connectivity index (χ2n) is 5.60. The van der Waals surface area contributed by atoms with E-state index in [0.29, 0.717) is 36.1 Å². The molecule has 1 aliphatic rings. The number of fused-ring (bicyclic) bond motifs is 1. The highest BCUT2D eigenvalue weighted by Gasteiger charge is 2.20. The lowest BCUT2D eigenvalue weighted by atomic mass is 10.1. The number of benzene rings is 1. The lowest BCUT2D eigenvalue weighted by Crippen LogP contribution is -2.36. The van der Waals surface area contributed by atoms with Crippen LogP contribution in [0.15, 0.2) is 22.6 Å². The highest BCUT2D eigenvalue weighted by molar-refractivity contribution is 7.09. The van der Waals surface area contributed by atoms with Crippen LogP contribution in [0.1, 0.15) is 23.1 Å². The van der Waals surface area contributed by atoms with Gasteiger partial charge in [0.1, 0.15) is 5.75 Å². The summed E-state index contributed by atoms with van der Waals surface area (Å²) < 4.78 is 40.6. The first kappa shape index (κ1) is 19.2. The van der Waals surface area contributed by atoms with E-state index >= 15 is 0 Å². The molecule has 2 heterocycles. The van der Waals surface area contributed by atoms with E-state index in [2.05, 4.69) is 25.3 Å². The highest BCUT2D eigenvalue weighted by atomic mass is 32.1. The number of hydrogen-bond donors (Lipinski definition) is 2. The number of hydrogen-bond acceptors (Lipinski definition) is 6. The Bertz CT molecular complexity index is 813. The van der Waals surface area contributed by atoms with Crippen molar-refractivity contribution in [1.82, 2.24) is 15.6 Å². The van der Waals surface area contributed by atoms with Gasteiger partial charge >= 0.3 is 6.61 Å². The summed E-state index contributed by atoms with van der Waals surface area (Å²) in [5.41, 5.74) is 3.23. The third-order valence-corrected chi connectivity index (χ3v) is 4.72. The van der Waals surface area contributed by atoms with E-state index in [-0.39, 0.29) is 19.1 Å². The van der Waals surface area contributed by atoms with Gasteiger partial charge < -0.3 is 24.8 Å². The fraction of sp³-hybridized carbons (Fsp3) is 0.412. The summed E-state index contributed by atoms with van der Waals surface area (Å²) in [6, 6.07) is 3.01. The summed E-state index contributed by atoms with van der Waals surface area (Å²) >= 11 is 1.56. The number of guanidine groups is 1. The van der Waals surface area contributed by atoms with Crippen molar-refractivity contribution in [1.29, 1.82) is 0 Å². The predicted molar refractivity (Wildman–Crippen MR) is 97.7 cm³/mol. The molecule has 10 heteroatoms. The number of thiazole rings is 1. The minimum absolute atomic E-state index is 0.0205. The maximum Gasteiger partial charge on any atom is 0.387 e. The molecule has 0 unspecified atom stereocenters. The monoisotopic (exact) mass is 398 g/mol. The Balaban J connectivity index is 1.75. The summed E-state index contributed by atoms with van der Waals surface area (Å²) in [5.74, 6) is 1.45. The van der Waals surface area contributed by atoms with Gasteiger partial charge in [-0.3, -0.25) is 0 Å². The SMILES string of the molecule is CCNC(=NCc1cc2c(cc1OC(F)F)OCO2)NCc1scnc1C. The second kappa shape index (κ2) is 8.85. The molecule has 2 N–H and O–H groups in total. The first-order valence-corrected chi connectivity index (χ1v) is 9.23. The summed E-state index contributed by atoms with van der Waals surface area (Å²) in [4.78, 5) is 9.78. The minimum atomic E-state index is -2.94. The lowest BCUT2D eigenvalue weighted by molar-refractivity contribution is -0.0505. The molecule has 1 aliphatic heterocycles. The van der Waals surface area contributed by atoms with Crippen molar-refractivity contribution in [2.45, 2.75) is 33.5 Å². The van der Waals surface area contributed by atoms with Crippen LogP contribution in [0.2, 0.25) is 0 Å². The van der Waals surface area contributed by atoms with Crippen molar-refractivity contribution in [3.05, 3.63) is 33.8 Å². The van der Waals surface area contributed by atoms with Gasteiger partial charge in [-0.15, -0.1) is 11.3 Å². The molecule has 0 fully saturated rings. The van der Waals surface area contributed by atoms with Gasteiger partial charge in [0.25, 0.3) is 0 Å². The van der Waals surface area contributed by atoms with Gasteiger partial charge in [-0.2, -0.15) is 8.78 Å². The average Bonchev–Trinajstić information content (AvgIpc) is 3.25. The van der Waals surface area contributed by atoms with E-state index in [9.17, 15) is 8.78 Å². The van der Waals surface area contributed by atoms with Gasteiger partial charge in [0.15, 0.2) is 17.5 Å². The molecule has 7 nitrogen and oxygen atoms in total. The van der Waals surface area contributed by atoms with Crippen molar-refractivity contribution < 1.29 is 23.0 Å². The Kier molecular flexibility index (Phi) is 6.28. The topological polar surface area (TPSA) is 77.0 Å². The van der Waals surface area contributed by atoms with Gasteiger partial charge in [-0.1, -0.05) is 0 Å². The molecule has 0 bridgehead atoms. The van der Waals surface area contributed by atoms with E-state index < -0.39 is 6.61 Å². The van der Waals surface area contributed by atoms with Gasteiger partial charge in [0, 0.05) is 23.1 Å². The molecule has 3 rings (SSSR count). The number of alkyl halides is 2. The van der Waals surface area contributed by atoms with E-state index in [0.717, 1.165) is 10.6 Å². The number of aromatic nitrogens is 1. The first-order valence-electron chi connectivity index (χ1n) is 8.35. The number of aliphatic imine (C=N–C) groups is 1. The Hall–Kier alpha value is -2.62. The van der Waals surface area contributed by atoms with Gasteiger partial charge in [-0.05, 0) is 19.9 Å². The van der Waals surface area contributed by atoms with E-state index in [1.165, 1.54) is 6.07 Å². The molecular formula is C17H20F2N4O3S. The number of halogens is 2. The molecule has 0 amide bonds. The third kappa shape index (κ3) is 4.97. The normalized spacial score (nSPS) is 13.1.